The van der Waals surface area contributed by atoms with Crippen molar-refractivity contribution in [3.63, 3.8) is 0 Å². The van der Waals surface area contributed by atoms with Gasteiger partial charge in [0.15, 0.2) is 5.82 Å². The monoisotopic (exact) mass is 859 g/mol. The molecule has 5 N–H and O–H groups in total. The van der Waals surface area contributed by atoms with E-state index in [9.17, 15) is 32.3 Å². The van der Waals surface area contributed by atoms with Gasteiger partial charge >= 0.3 is 18.2 Å². The van der Waals surface area contributed by atoms with E-state index in [4.69, 9.17) is 4.98 Å². The Hall–Kier alpha value is -5.85. The molecule has 6 amide bonds. The first kappa shape index (κ1) is 41.9. The SMILES string of the molecule is O=C(CCCC[C@@H]1SC[C@@H]2NC(=O)N[C@@H]21)NCCCCCC(=O)NCc1cn(-c2cccc(NC(=O)N3c4nc(-c5cccc(C(F)(F)F)c5)ccc4N4CCC3C4)c2)nn1. The van der Waals surface area contributed by atoms with Crippen LogP contribution in [0.3, 0.4) is 0 Å². The zero-order chi connectivity index (χ0) is 42.5. The van der Waals surface area contributed by atoms with Crippen LogP contribution in [-0.2, 0) is 22.3 Å². The van der Waals surface area contributed by atoms with Gasteiger partial charge in [-0.3, -0.25) is 14.5 Å². The number of hydrogen-bond donors (Lipinski definition) is 5. The topological polar surface area (TPSA) is 179 Å². The lowest BCUT2D eigenvalue weighted by Gasteiger charge is -2.36. The van der Waals surface area contributed by atoms with Gasteiger partial charge in [0, 0.05) is 54.7 Å². The molecule has 1 unspecified atom stereocenters. The standard InChI is InChI=1S/C42H48F3N11O4S/c43-42(44,45)27-9-6-8-26(20-27)32-15-16-34-39(49-32)56(31-17-19-54(34)24-31)41(60)48-28-10-7-11-30(21-28)55-23-29(52-53-55)22-47-37(58)13-2-1-5-18-46-36(57)14-4-3-12-35-38-33(25-61-35)50-40(59)51-38/h6-11,15-16,20-21,23,31,33,35,38H,1-5,12-14,17-19,22,24-25H2,(H,46,57)(H,47,58)(H,48,60)(H2,50,51,59)/t31?,33-,35-,38-/m0/s1. The number of alkyl halides is 3. The van der Waals surface area contributed by atoms with Gasteiger partial charge in [0.25, 0.3) is 0 Å². The predicted molar refractivity (Wildman–Crippen MR) is 225 cm³/mol. The third-order valence-electron chi connectivity index (χ3n) is 11.5. The van der Waals surface area contributed by atoms with E-state index in [1.54, 1.807) is 46.1 Å². The zero-order valence-electron chi connectivity index (χ0n) is 33.4. The fourth-order valence-electron chi connectivity index (χ4n) is 8.36. The summed E-state index contributed by atoms with van der Waals surface area (Å²) in [5.41, 5.74) is 2.28. The van der Waals surface area contributed by atoms with Crippen LogP contribution < -0.4 is 36.4 Å². The molecule has 322 valence electrons. The Morgan fingerprint density at radius 3 is 2.59 bits per heavy atom. The summed E-state index contributed by atoms with van der Waals surface area (Å²) in [6.45, 7) is 2.11. The van der Waals surface area contributed by atoms with Crippen LogP contribution in [0.5, 0.6) is 0 Å². The Bertz CT molecular complexity index is 2260. The first-order chi connectivity index (χ1) is 29.5. The van der Waals surface area contributed by atoms with Crippen molar-refractivity contribution in [2.24, 2.45) is 0 Å². The van der Waals surface area contributed by atoms with Crippen LogP contribution in [0.25, 0.3) is 16.9 Å². The van der Waals surface area contributed by atoms with Crippen LogP contribution >= 0.6 is 11.8 Å². The number of hydrogen-bond acceptors (Lipinski definition) is 9. The molecule has 61 heavy (non-hydrogen) atoms. The number of pyridine rings is 1. The van der Waals surface area contributed by atoms with Gasteiger partial charge in [-0.1, -0.05) is 36.3 Å². The van der Waals surface area contributed by atoms with Gasteiger partial charge in [0.05, 0.1) is 53.5 Å². The number of amides is 6. The van der Waals surface area contributed by atoms with Crippen LogP contribution in [0.15, 0.2) is 66.9 Å². The number of benzene rings is 2. The summed E-state index contributed by atoms with van der Waals surface area (Å²) in [6, 6.07) is 15.3. The molecule has 19 heteroatoms. The van der Waals surface area contributed by atoms with Crippen LogP contribution in [0, 0.1) is 0 Å². The summed E-state index contributed by atoms with van der Waals surface area (Å²) in [7, 11) is 0. The van der Waals surface area contributed by atoms with Crippen molar-refractivity contribution in [2.45, 2.75) is 93.9 Å². The Morgan fingerprint density at radius 2 is 1.74 bits per heavy atom. The van der Waals surface area contributed by atoms with Gasteiger partial charge in [-0.25, -0.2) is 19.3 Å². The van der Waals surface area contributed by atoms with E-state index in [1.807, 2.05) is 23.9 Å². The number of anilines is 3. The smallest absolute Gasteiger partial charge is 0.366 e. The van der Waals surface area contributed by atoms with Crippen molar-refractivity contribution in [1.82, 2.24) is 41.2 Å². The molecule has 4 aliphatic heterocycles. The molecule has 0 spiro atoms. The molecule has 2 aromatic heterocycles. The number of aromatic nitrogens is 4. The molecule has 2 aromatic carbocycles. The van der Waals surface area contributed by atoms with Crippen molar-refractivity contribution in [3.05, 3.63) is 78.1 Å². The van der Waals surface area contributed by atoms with Crippen molar-refractivity contribution in [1.29, 1.82) is 0 Å². The Balaban J connectivity index is 0.761. The number of rotatable bonds is 16. The molecule has 2 bridgehead atoms. The summed E-state index contributed by atoms with van der Waals surface area (Å²) < 4.78 is 42.0. The minimum absolute atomic E-state index is 0.0391. The minimum atomic E-state index is -4.50. The largest absolute Gasteiger partial charge is 0.416 e. The molecular weight excluding hydrogens is 812 g/mol. The number of unbranched alkanes of at least 4 members (excludes halogenated alkanes) is 3. The number of halogens is 3. The van der Waals surface area contributed by atoms with E-state index in [1.165, 1.54) is 6.07 Å². The molecule has 3 fully saturated rings. The third kappa shape index (κ3) is 10.0. The zero-order valence-corrected chi connectivity index (χ0v) is 34.2. The van der Waals surface area contributed by atoms with Crippen LogP contribution in [-0.4, -0.2) is 92.6 Å². The quantitative estimate of drug-likeness (QED) is 0.0668. The highest BCUT2D eigenvalue weighted by molar-refractivity contribution is 8.00. The second-order valence-corrected chi connectivity index (χ2v) is 17.1. The average Bonchev–Trinajstić information content (AvgIpc) is 4.05. The normalized spacial score (nSPS) is 20.1. The maximum atomic E-state index is 13.9. The van der Waals surface area contributed by atoms with Gasteiger partial charge in [0.2, 0.25) is 11.8 Å². The molecule has 4 aromatic rings. The molecule has 4 aliphatic rings. The second-order valence-electron chi connectivity index (χ2n) is 15.8. The number of carbonyl (C=O) groups excluding carboxylic acids is 4. The lowest BCUT2D eigenvalue weighted by Crippen LogP contribution is -2.48. The number of urea groups is 2. The summed E-state index contributed by atoms with van der Waals surface area (Å²) >= 11 is 1.88. The first-order valence-corrected chi connectivity index (χ1v) is 21.8. The van der Waals surface area contributed by atoms with E-state index >= 15 is 0 Å². The van der Waals surface area contributed by atoms with Gasteiger partial charge in [-0.05, 0) is 74.6 Å². The second kappa shape index (κ2) is 18.4. The molecule has 0 radical (unpaired) electrons. The summed E-state index contributed by atoms with van der Waals surface area (Å²) in [5.74, 6) is 1.25. The molecule has 3 saturated heterocycles. The van der Waals surface area contributed by atoms with Crippen molar-refractivity contribution in [2.75, 3.05) is 40.5 Å². The summed E-state index contributed by atoms with van der Waals surface area (Å²) in [4.78, 5) is 58.7. The number of nitrogens with one attached hydrogen (secondary N) is 5. The van der Waals surface area contributed by atoms with E-state index in [0.717, 1.165) is 62.2 Å². The number of fused-ring (bicyclic) bond motifs is 5. The molecular formula is C42H48F3N11O4S. The first-order valence-electron chi connectivity index (χ1n) is 20.8. The van der Waals surface area contributed by atoms with Crippen LogP contribution in [0.4, 0.5) is 40.0 Å². The molecule has 15 nitrogen and oxygen atoms in total. The molecule has 0 saturated carbocycles. The highest BCUT2D eigenvalue weighted by Crippen LogP contribution is 2.41. The van der Waals surface area contributed by atoms with Crippen LogP contribution in [0.2, 0.25) is 0 Å². The summed E-state index contributed by atoms with van der Waals surface area (Å²) in [6.07, 6.45) is 3.77. The molecule has 0 aliphatic carbocycles. The lowest BCUT2D eigenvalue weighted by molar-refractivity contribution is -0.137. The van der Waals surface area contributed by atoms with E-state index < -0.39 is 17.8 Å². The van der Waals surface area contributed by atoms with Crippen molar-refractivity contribution < 1.29 is 32.3 Å². The van der Waals surface area contributed by atoms with Gasteiger partial charge in [0.1, 0.15) is 5.69 Å². The number of carbonyl (C=O) groups is 4. The average molecular weight is 860 g/mol. The Kier molecular flexibility index (Phi) is 12.6. The Labute approximate surface area is 355 Å². The third-order valence-corrected chi connectivity index (χ3v) is 13.0. The van der Waals surface area contributed by atoms with Crippen molar-refractivity contribution in [3.8, 4) is 16.9 Å². The van der Waals surface area contributed by atoms with Crippen LogP contribution in [0.1, 0.15) is 69.0 Å². The van der Waals surface area contributed by atoms with E-state index in [-0.39, 0.29) is 42.5 Å². The fraction of sp³-hybridized carbons (Fsp3) is 0.452. The highest BCUT2D eigenvalue weighted by atomic mass is 32.2. The number of nitrogens with zero attached hydrogens (tertiary/aromatic N) is 6. The van der Waals surface area contributed by atoms with E-state index in [2.05, 4.69) is 41.8 Å². The number of thioether (sulfide) groups is 1. The molecule has 6 heterocycles. The minimum Gasteiger partial charge on any atom is -0.366 e. The molecule has 8 rings (SSSR count). The summed E-state index contributed by atoms with van der Waals surface area (Å²) in [5, 5.41) is 23.6. The maximum absolute atomic E-state index is 13.9. The van der Waals surface area contributed by atoms with E-state index in [0.29, 0.717) is 78.2 Å². The highest BCUT2D eigenvalue weighted by Gasteiger charge is 2.43. The van der Waals surface area contributed by atoms with Gasteiger partial charge in [-0.15, -0.1) is 5.10 Å². The van der Waals surface area contributed by atoms with Gasteiger partial charge < -0.3 is 31.5 Å². The molecule has 4 atom stereocenters. The fourth-order valence-corrected chi connectivity index (χ4v) is 9.90. The Morgan fingerprint density at radius 1 is 0.918 bits per heavy atom. The predicted octanol–water partition coefficient (Wildman–Crippen LogP) is 6.00. The lowest BCUT2D eigenvalue weighted by atomic mass is 10.0. The maximum Gasteiger partial charge on any atom is 0.416 e. The van der Waals surface area contributed by atoms with Crippen molar-refractivity contribution >= 4 is 52.8 Å². The van der Waals surface area contributed by atoms with Gasteiger partial charge in [-0.2, -0.15) is 24.9 Å².